The van der Waals surface area contributed by atoms with E-state index >= 15 is 0 Å². The Morgan fingerprint density at radius 1 is 1.64 bits per heavy atom. The van der Waals surface area contributed by atoms with Crippen LogP contribution in [0, 0.1) is 0 Å². The summed E-state index contributed by atoms with van der Waals surface area (Å²) in [4.78, 5) is 4.19. The molecule has 78 valence electrons. The van der Waals surface area contributed by atoms with Gasteiger partial charge in [-0.1, -0.05) is 5.16 Å². The summed E-state index contributed by atoms with van der Waals surface area (Å²) in [5.41, 5.74) is 5.61. The molecule has 0 spiro atoms. The summed E-state index contributed by atoms with van der Waals surface area (Å²) in [7, 11) is 0. The number of hydrogen-bond acceptors (Lipinski definition) is 5. The minimum Gasteiger partial charge on any atom is -0.378 e. The van der Waals surface area contributed by atoms with Gasteiger partial charge < -0.3 is 15.0 Å². The summed E-state index contributed by atoms with van der Waals surface area (Å²) >= 11 is 0. The number of nitrogens with zero attached hydrogens (tertiary/aromatic N) is 2. The van der Waals surface area contributed by atoms with Crippen LogP contribution in [0.2, 0.25) is 0 Å². The largest absolute Gasteiger partial charge is 0.378 e. The molecule has 2 unspecified atom stereocenters. The summed E-state index contributed by atoms with van der Waals surface area (Å²) in [6, 6.07) is -0.194. The van der Waals surface area contributed by atoms with Crippen LogP contribution < -0.4 is 5.73 Å². The minimum absolute atomic E-state index is 0.194. The molecule has 1 aromatic rings. The first-order valence-corrected chi connectivity index (χ1v) is 4.95. The predicted molar refractivity (Wildman–Crippen MR) is 49.6 cm³/mol. The molecule has 5 heteroatoms. The lowest BCUT2D eigenvalue weighted by Crippen LogP contribution is -2.10. The van der Waals surface area contributed by atoms with Crippen molar-refractivity contribution in [3.05, 3.63) is 11.7 Å². The maximum Gasteiger partial charge on any atom is 0.243 e. The van der Waals surface area contributed by atoms with Crippen LogP contribution in [0.15, 0.2) is 4.52 Å². The Morgan fingerprint density at radius 2 is 2.50 bits per heavy atom. The highest BCUT2D eigenvalue weighted by Gasteiger charge is 2.19. The topological polar surface area (TPSA) is 74.2 Å². The van der Waals surface area contributed by atoms with E-state index in [9.17, 15) is 0 Å². The Morgan fingerprint density at radius 3 is 3.07 bits per heavy atom. The molecule has 0 radical (unpaired) electrons. The zero-order valence-electron chi connectivity index (χ0n) is 8.27. The second-order valence-corrected chi connectivity index (χ2v) is 3.68. The van der Waals surface area contributed by atoms with Gasteiger partial charge in [0.2, 0.25) is 5.89 Å². The molecular formula is C9H15N3O2. The molecule has 2 atom stereocenters. The summed E-state index contributed by atoms with van der Waals surface area (Å²) in [5, 5.41) is 3.85. The zero-order valence-corrected chi connectivity index (χ0v) is 8.27. The molecule has 0 saturated carbocycles. The lowest BCUT2D eigenvalue weighted by atomic mass is 10.2. The number of hydrogen-bond donors (Lipinski definition) is 1. The highest BCUT2D eigenvalue weighted by molar-refractivity contribution is 4.92. The van der Waals surface area contributed by atoms with Gasteiger partial charge in [0.05, 0.1) is 12.1 Å². The quantitative estimate of drug-likeness (QED) is 0.776. The van der Waals surface area contributed by atoms with Crippen molar-refractivity contribution in [3.8, 4) is 0 Å². The molecule has 2 heterocycles. The average molecular weight is 197 g/mol. The van der Waals surface area contributed by atoms with Crippen molar-refractivity contribution >= 4 is 0 Å². The maximum absolute atomic E-state index is 5.61. The molecular weight excluding hydrogens is 182 g/mol. The maximum atomic E-state index is 5.61. The van der Waals surface area contributed by atoms with Gasteiger partial charge in [0.15, 0.2) is 5.82 Å². The lowest BCUT2D eigenvalue weighted by Gasteiger charge is -2.03. The zero-order chi connectivity index (χ0) is 9.97. The molecule has 0 aromatic carbocycles. The molecule has 1 aromatic heterocycles. The third kappa shape index (κ3) is 2.10. The van der Waals surface area contributed by atoms with E-state index in [1.807, 2.05) is 6.92 Å². The highest BCUT2D eigenvalue weighted by atomic mass is 16.5. The molecule has 2 N–H and O–H groups in total. The molecule has 1 aliphatic heterocycles. The fraction of sp³-hybridized carbons (Fsp3) is 0.778. The molecule has 1 aliphatic rings. The standard InChI is InChI=1S/C9H15N3O2/c1-6(10)9-11-8(12-14-9)5-7-3-2-4-13-7/h6-7H,2-5,10H2,1H3. The second kappa shape index (κ2) is 4.06. The first-order valence-electron chi connectivity index (χ1n) is 4.95. The predicted octanol–water partition coefficient (Wildman–Crippen LogP) is 0.811. The van der Waals surface area contributed by atoms with Gasteiger partial charge >= 0.3 is 0 Å². The monoisotopic (exact) mass is 197 g/mol. The molecule has 2 rings (SSSR count). The fourth-order valence-corrected chi connectivity index (χ4v) is 1.54. The van der Waals surface area contributed by atoms with Crippen LogP contribution in [0.3, 0.4) is 0 Å². The third-order valence-electron chi connectivity index (χ3n) is 2.31. The molecule has 0 aliphatic carbocycles. The van der Waals surface area contributed by atoms with Gasteiger partial charge in [-0.3, -0.25) is 0 Å². The SMILES string of the molecule is CC(N)c1nc(CC2CCCO2)no1. The molecule has 1 fully saturated rings. The average Bonchev–Trinajstić information content (AvgIpc) is 2.75. The first-order chi connectivity index (χ1) is 6.75. The van der Waals surface area contributed by atoms with E-state index in [0.717, 1.165) is 25.9 Å². The molecule has 0 bridgehead atoms. The summed E-state index contributed by atoms with van der Waals surface area (Å²) in [6.07, 6.45) is 3.20. The first kappa shape index (κ1) is 9.61. The molecule has 5 nitrogen and oxygen atoms in total. The van der Waals surface area contributed by atoms with Gasteiger partial charge in [0.25, 0.3) is 0 Å². The van der Waals surface area contributed by atoms with Gasteiger partial charge in [0.1, 0.15) is 0 Å². The summed E-state index contributed by atoms with van der Waals surface area (Å²) in [5.74, 6) is 1.20. The Bertz CT molecular complexity index is 292. The van der Waals surface area contributed by atoms with E-state index < -0.39 is 0 Å². The van der Waals surface area contributed by atoms with Gasteiger partial charge in [-0.2, -0.15) is 4.98 Å². The van der Waals surface area contributed by atoms with Crippen LogP contribution in [0.4, 0.5) is 0 Å². The van der Waals surface area contributed by atoms with Crippen molar-refractivity contribution in [3.63, 3.8) is 0 Å². The Hall–Kier alpha value is -0.940. The minimum atomic E-state index is -0.194. The van der Waals surface area contributed by atoms with Crippen molar-refractivity contribution in [1.82, 2.24) is 10.1 Å². The van der Waals surface area contributed by atoms with E-state index in [1.165, 1.54) is 0 Å². The van der Waals surface area contributed by atoms with Gasteiger partial charge in [-0.15, -0.1) is 0 Å². The Balaban J connectivity index is 1.95. The van der Waals surface area contributed by atoms with Crippen molar-refractivity contribution < 1.29 is 9.26 Å². The van der Waals surface area contributed by atoms with E-state index in [-0.39, 0.29) is 12.1 Å². The van der Waals surface area contributed by atoms with Crippen LogP contribution in [-0.4, -0.2) is 22.9 Å². The highest BCUT2D eigenvalue weighted by Crippen LogP contribution is 2.16. The van der Waals surface area contributed by atoms with E-state index in [0.29, 0.717) is 11.7 Å². The van der Waals surface area contributed by atoms with Crippen LogP contribution in [-0.2, 0) is 11.2 Å². The Kier molecular flexibility index (Phi) is 2.79. The van der Waals surface area contributed by atoms with Gasteiger partial charge in [-0.25, -0.2) is 0 Å². The number of ether oxygens (including phenoxy) is 1. The van der Waals surface area contributed by atoms with Crippen LogP contribution >= 0.6 is 0 Å². The van der Waals surface area contributed by atoms with E-state index in [1.54, 1.807) is 0 Å². The second-order valence-electron chi connectivity index (χ2n) is 3.68. The van der Waals surface area contributed by atoms with E-state index in [2.05, 4.69) is 10.1 Å². The fourth-order valence-electron chi connectivity index (χ4n) is 1.54. The van der Waals surface area contributed by atoms with Crippen LogP contribution in [0.5, 0.6) is 0 Å². The molecule has 14 heavy (non-hydrogen) atoms. The van der Waals surface area contributed by atoms with Crippen LogP contribution in [0.25, 0.3) is 0 Å². The van der Waals surface area contributed by atoms with Crippen molar-refractivity contribution in [1.29, 1.82) is 0 Å². The third-order valence-corrected chi connectivity index (χ3v) is 2.31. The van der Waals surface area contributed by atoms with Crippen LogP contribution in [0.1, 0.15) is 37.5 Å². The van der Waals surface area contributed by atoms with Crippen molar-refractivity contribution in [2.24, 2.45) is 5.73 Å². The summed E-state index contributed by atoms with van der Waals surface area (Å²) < 4.78 is 10.5. The lowest BCUT2D eigenvalue weighted by molar-refractivity contribution is 0.109. The smallest absolute Gasteiger partial charge is 0.243 e. The van der Waals surface area contributed by atoms with Crippen molar-refractivity contribution in [2.75, 3.05) is 6.61 Å². The van der Waals surface area contributed by atoms with Gasteiger partial charge in [0, 0.05) is 13.0 Å². The molecule has 1 saturated heterocycles. The van der Waals surface area contributed by atoms with Gasteiger partial charge in [-0.05, 0) is 19.8 Å². The summed E-state index contributed by atoms with van der Waals surface area (Å²) in [6.45, 7) is 2.67. The molecule has 0 amide bonds. The van der Waals surface area contributed by atoms with E-state index in [4.69, 9.17) is 15.0 Å². The number of nitrogens with two attached hydrogens (primary N) is 1. The number of rotatable bonds is 3. The Labute approximate surface area is 82.6 Å². The number of aromatic nitrogens is 2. The normalized spacial score (nSPS) is 24.0. The van der Waals surface area contributed by atoms with Crippen molar-refractivity contribution in [2.45, 2.75) is 38.3 Å².